The molecule has 0 bridgehead atoms. The molecule has 1 aromatic rings. The van der Waals surface area contributed by atoms with Crippen LogP contribution in [0.15, 0.2) is 24.3 Å². The summed E-state index contributed by atoms with van der Waals surface area (Å²) in [7, 11) is 0. The quantitative estimate of drug-likeness (QED) is 0.743. The molecule has 0 aromatic heterocycles. The minimum atomic E-state index is 1.11. The van der Waals surface area contributed by atoms with Crippen molar-refractivity contribution in [3.63, 3.8) is 0 Å². The summed E-state index contributed by atoms with van der Waals surface area (Å²) in [6.07, 6.45) is 3.71. The van der Waals surface area contributed by atoms with E-state index in [4.69, 9.17) is 0 Å². The zero-order valence-corrected chi connectivity index (χ0v) is 10.8. The molecule has 3 heteroatoms. The minimum absolute atomic E-state index is 1.11. The third-order valence-electron chi connectivity index (χ3n) is 1.95. The normalized spacial score (nSPS) is 10.1. The summed E-state index contributed by atoms with van der Waals surface area (Å²) in [5.74, 6) is 0. The number of benzene rings is 1. The van der Waals surface area contributed by atoms with Crippen LogP contribution in [0.1, 0.15) is 25.3 Å². The molecule has 0 fully saturated rings. The number of hydrogen-bond acceptors (Lipinski definition) is 1. The van der Waals surface area contributed by atoms with E-state index in [0.717, 1.165) is 5.69 Å². The van der Waals surface area contributed by atoms with Crippen LogP contribution in [0.2, 0.25) is 0 Å². The van der Waals surface area contributed by atoms with Gasteiger partial charge in [0.1, 0.15) is 0 Å². The summed E-state index contributed by atoms with van der Waals surface area (Å²) < 4.78 is 1.75. The van der Waals surface area contributed by atoms with E-state index in [-0.39, 0.29) is 0 Å². The average molecular weight is 307 g/mol. The standard InChI is InChI=1S/C10H13Br2N/c1-2-3-4-9-5-7-10(8-6-9)13(11)12/h5-8H,2-4H2,1H3. The van der Waals surface area contributed by atoms with E-state index in [0.29, 0.717) is 0 Å². The van der Waals surface area contributed by atoms with Crippen LogP contribution in [0.3, 0.4) is 0 Å². The van der Waals surface area contributed by atoms with E-state index in [1.807, 2.05) is 0 Å². The van der Waals surface area contributed by atoms with Crippen molar-refractivity contribution < 1.29 is 0 Å². The van der Waals surface area contributed by atoms with E-state index in [9.17, 15) is 0 Å². The van der Waals surface area contributed by atoms with Crippen LogP contribution in [-0.4, -0.2) is 0 Å². The second kappa shape index (κ2) is 5.66. The van der Waals surface area contributed by atoms with E-state index in [1.165, 1.54) is 24.8 Å². The van der Waals surface area contributed by atoms with Crippen molar-refractivity contribution in [1.82, 2.24) is 0 Å². The molecular weight excluding hydrogens is 294 g/mol. The maximum Gasteiger partial charge on any atom is 0.0617 e. The van der Waals surface area contributed by atoms with Crippen LogP contribution in [-0.2, 0) is 6.42 Å². The molecule has 0 spiro atoms. The highest BCUT2D eigenvalue weighted by atomic mass is 79.9. The molecule has 1 aromatic carbocycles. The molecule has 1 rings (SSSR count). The fourth-order valence-electron chi connectivity index (χ4n) is 1.16. The Balaban J connectivity index is 2.59. The Hall–Kier alpha value is -0.0200. The molecule has 0 aliphatic carbocycles. The highest BCUT2D eigenvalue weighted by Gasteiger charge is 1.97. The second-order valence-electron chi connectivity index (χ2n) is 3.00. The van der Waals surface area contributed by atoms with E-state index in [2.05, 4.69) is 63.5 Å². The third kappa shape index (κ3) is 3.69. The number of nitrogens with zero attached hydrogens (tertiary/aromatic N) is 1. The maximum atomic E-state index is 3.31. The zero-order chi connectivity index (χ0) is 9.68. The molecule has 0 aliphatic rings. The van der Waals surface area contributed by atoms with Gasteiger partial charge in [-0.25, -0.2) is 2.95 Å². The van der Waals surface area contributed by atoms with E-state index in [1.54, 1.807) is 2.95 Å². The Kier molecular flexibility index (Phi) is 4.81. The average Bonchev–Trinajstić information content (AvgIpc) is 2.15. The van der Waals surface area contributed by atoms with Gasteiger partial charge in [-0.3, -0.25) is 0 Å². The van der Waals surface area contributed by atoms with Gasteiger partial charge >= 0.3 is 0 Å². The van der Waals surface area contributed by atoms with Crippen LogP contribution < -0.4 is 2.95 Å². The van der Waals surface area contributed by atoms with Gasteiger partial charge in [0.25, 0.3) is 0 Å². The Labute approximate surface area is 96.8 Å². The predicted molar refractivity (Wildman–Crippen MR) is 65.4 cm³/mol. The first-order chi connectivity index (χ1) is 6.24. The highest BCUT2D eigenvalue weighted by Crippen LogP contribution is 2.22. The van der Waals surface area contributed by atoms with E-state index < -0.39 is 0 Å². The molecule has 0 N–H and O–H groups in total. The van der Waals surface area contributed by atoms with Crippen molar-refractivity contribution >= 4 is 38.0 Å². The molecule has 1 nitrogen and oxygen atoms in total. The molecule has 0 saturated carbocycles. The lowest BCUT2D eigenvalue weighted by atomic mass is 10.1. The largest absolute Gasteiger partial charge is 0.243 e. The smallest absolute Gasteiger partial charge is 0.0617 e. The number of halogens is 2. The molecule has 0 saturated heterocycles. The van der Waals surface area contributed by atoms with Crippen LogP contribution in [0, 0.1) is 0 Å². The highest BCUT2D eigenvalue weighted by molar-refractivity contribution is 9.25. The number of hydrogen-bond donors (Lipinski definition) is 0. The Morgan fingerprint density at radius 2 is 1.77 bits per heavy atom. The van der Waals surface area contributed by atoms with Gasteiger partial charge in [-0.05, 0) is 30.5 Å². The van der Waals surface area contributed by atoms with Gasteiger partial charge in [0.2, 0.25) is 0 Å². The lowest BCUT2D eigenvalue weighted by Crippen LogP contribution is -1.90. The first kappa shape index (κ1) is 11.1. The van der Waals surface area contributed by atoms with Crippen molar-refractivity contribution in [3.8, 4) is 0 Å². The molecule has 0 aliphatic heterocycles. The Morgan fingerprint density at radius 1 is 1.15 bits per heavy atom. The molecule has 0 heterocycles. The van der Waals surface area contributed by atoms with Crippen molar-refractivity contribution in [2.45, 2.75) is 26.2 Å². The van der Waals surface area contributed by atoms with E-state index >= 15 is 0 Å². The van der Waals surface area contributed by atoms with Crippen molar-refractivity contribution in [3.05, 3.63) is 29.8 Å². The van der Waals surface area contributed by atoms with Gasteiger partial charge in [0, 0.05) is 0 Å². The zero-order valence-electron chi connectivity index (χ0n) is 7.63. The van der Waals surface area contributed by atoms with Crippen LogP contribution in [0.25, 0.3) is 0 Å². The molecular formula is C10H13Br2N. The summed E-state index contributed by atoms with van der Waals surface area (Å²) >= 11 is 6.62. The van der Waals surface area contributed by atoms with Crippen LogP contribution in [0.4, 0.5) is 5.69 Å². The Bertz CT molecular complexity index is 244. The summed E-state index contributed by atoms with van der Waals surface area (Å²) in [5, 5.41) is 0. The Morgan fingerprint density at radius 3 is 2.23 bits per heavy atom. The van der Waals surface area contributed by atoms with Gasteiger partial charge in [-0.1, -0.05) is 25.5 Å². The first-order valence-corrected chi connectivity index (χ1v) is 5.86. The summed E-state index contributed by atoms with van der Waals surface area (Å²) in [6, 6.07) is 8.52. The summed E-state index contributed by atoms with van der Waals surface area (Å²) in [6.45, 7) is 2.22. The van der Waals surface area contributed by atoms with Crippen molar-refractivity contribution in [2.75, 3.05) is 2.95 Å². The molecule has 72 valence electrons. The van der Waals surface area contributed by atoms with Crippen molar-refractivity contribution in [2.24, 2.45) is 0 Å². The number of aryl methyl sites for hydroxylation is 1. The lowest BCUT2D eigenvalue weighted by molar-refractivity contribution is 0.795. The molecule has 0 atom stereocenters. The molecule has 0 unspecified atom stereocenters. The minimum Gasteiger partial charge on any atom is -0.243 e. The van der Waals surface area contributed by atoms with Gasteiger partial charge in [0.15, 0.2) is 0 Å². The summed E-state index contributed by atoms with van der Waals surface area (Å²) in [5.41, 5.74) is 2.52. The van der Waals surface area contributed by atoms with Gasteiger partial charge in [0.05, 0.1) is 38.0 Å². The van der Waals surface area contributed by atoms with Crippen LogP contribution in [0.5, 0.6) is 0 Å². The maximum absolute atomic E-state index is 3.31. The predicted octanol–water partition coefficient (Wildman–Crippen LogP) is 4.46. The lowest BCUT2D eigenvalue weighted by Gasteiger charge is -2.07. The number of rotatable bonds is 4. The first-order valence-electron chi connectivity index (χ1n) is 4.44. The van der Waals surface area contributed by atoms with Gasteiger partial charge in [-0.15, -0.1) is 0 Å². The van der Waals surface area contributed by atoms with Crippen molar-refractivity contribution in [1.29, 1.82) is 0 Å². The number of unbranched alkanes of at least 4 members (excludes halogenated alkanes) is 1. The number of anilines is 1. The van der Waals surface area contributed by atoms with Gasteiger partial charge < -0.3 is 0 Å². The fraction of sp³-hybridized carbons (Fsp3) is 0.400. The molecule has 13 heavy (non-hydrogen) atoms. The molecule has 0 radical (unpaired) electrons. The molecule has 0 amide bonds. The SMILES string of the molecule is CCCCc1ccc(N(Br)Br)cc1. The van der Waals surface area contributed by atoms with Gasteiger partial charge in [-0.2, -0.15) is 0 Å². The second-order valence-corrected chi connectivity index (χ2v) is 5.37. The van der Waals surface area contributed by atoms with Crippen LogP contribution >= 0.6 is 32.3 Å². The third-order valence-corrected chi connectivity index (χ3v) is 2.77. The summed E-state index contributed by atoms with van der Waals surface area (Å²) in [4.78, 5) is 0. The topological polar surface area (TPSA) is 3.24 Å². The monoisotopic (exact) mass is 305 g/mol. The fourth-order valence-corrected chi connectivity index (χ4v) is 1.63.